The molecule has 0 saturated heterocycles. The standard InChI is InChI=1S/C16H8F4N4/c17-11-5-6-12(13(7-11)16(18,19)20)9-1-3-10(4-2-9)15-14(8-21)22-24-23-15/h1-7H,(H,22,23,24). The summed E-state index contributed by atoms with van der Waals surface area (Å²) < 4.78 is 52.4. The number of nitrogens with one attached hydrogen (secondary N) is 1. The molecule has 120 valence electrons. The summed E-state index contributed by atoms with van der Waals surface area (Å²) in [5, 5.41) is 18.6. The minimum Gasteiger partial charge on any atom is -0.247 e. The Labute approximate surface area is 133 Å². The van der Waals surface area contributed by atoms with Gasteiger partial charge < -0.3 is 0 Å². The van der Waals surface area contributed by atoms with E-state index < -0.39 is 17.6 Å². The Bertz CT molecular complexity index is 920. The first-order chi connectivity index (χ1) is 11.4. The van der Waals surface area contributed by atoms with E-state index in [1.54, 1.807) is 0 Å². The number of halogens is 4. The highest BCUT2D eigenvalue weighted by Crippen LogP contribution is 2.38. The largest absolute Gasteiger partial charge is 0.417 e. The molecule has 0 bridgehead atoms. The molecule has 0 radical (unpaired) electrons. The van der Waals surface area contributed by atoms with Gasteiger partial charge in [-0.15, -0.1) is 5.10 Å². The van der Waals surface area contributed by atoms with Gasteiger partial charge in [-0.3, -0.25) is 0 Å². The zero-order chi connectivity index (χ0) is 17.3. The van der Waals surface area contributed by atoms with E-state index in [2.05, 4.69) is 15.4 Å². The quantitative estimate of drug-likeness (QED) is 0.716. The van der Waals surface area contributed by atoms with Crippen LogP contribution in [0.1, 0.15) is 11.3 Å². The molecule has 3 aromatic rings. The average Bonchev–Trinajstić information content (AvgIpc) is 3.03. The Kier molecular flexibility index (Phi) is 3.77. The lowest BCUT2D eigenvalue weighted by atomic mass is 9.97. The maximum Gasteiger partial charge on any atom is 0.417 e. The monoisotopic (exact) mass is 332 g/mol. The molecule has 24 heavy (non-hydrogen) atoms. The Morgan fingerprint density at radius 1 is 1.00 bits per heavy atom. The second-order valence-electron chi connectivity index (χ2n) is 4.91. The molecule has 0 unspecified atom stereocenters. The number of aromatic amines is 1. The molecule has 0 spiro atoms. The van der Waals surface area contributed by atoms with Gasteiger partial charge in [-0.05, 0) is 23.3 Å². The topological polar surface area (TPSA) is 65.4 Å². The van der Waals surface area contributed by atoms with Gasteiger partial charge >= 0.3 is 6.18 Å². The van der Waals surface area contributed by atoms with Crippen molar-refractivity contribution in [2.24, 2.45) is 0 Å². The fourth-order valence-electron chi connectivity index (χ4n) is 2.32. The van der Waals surface area contributed by atoms with Crippen LogP contribution in [0.3, 0.4) is 0 Å². The van der Waals surface area contributed by atoms with Crippen LogP contribution in [-0.4, -0.2) is 15.4 Å². The average molecular weight is 332 g/mol. The van der Waals surface area contributed by atoms with Crippen molar-refractivity contribution < 1.29 is 17.6 Å². The molecular weight excluding hydrogens is 324 g/mol. The molecular formula is C16H8F4N4. The lowest BCUT2D eigenvalue weighted by Gasteiger charge is -2.13. The van der Waals surface area contributed by atoms with Gasteiger partial charge in [0.2, 0.25) is 0 Å². The van der Waals surface area contributed by atoms with Crippen molar-refractivity contribution in [3.8, 4) is 28.5 Å². The Morgan fingerprint density at radius 2 is 1.67 bits per heavy atom. The maximum atomic E-state index is 13.2. The predicted octanol–water partition coefficient (Wildman–Crippen LogP) is 4.17. The molecule has 1 heterocycles. The van der Waals surface area contributed by atoms with Gasteiger partial charge in [0.25, 0.3) is 0 Å². The number of rotatable bonds is 2. The van der Waals surface area contributed by atoms with Crippen molar-refractivity contribution in [2.45, 2.75) is 6.18 Å². The van der Waals surface area contributed by atoms with Crippen LogP contribution >= 0.6 is 0 Å². The fraction of sp³-hybridized carbons (Fsp3) is 0.0625. The van der Waals surface area contributed by atoms with Gasteiger partial charge in [0.15, 0.2) is 5.69 Å². The van der Waals surface area contributed by atoms with E-state index in [0.717, 1.165) is 12.1 Å². The highest BCUT2D eigenvalue weighted by molar-refractivity contribution is 5.72. The van der Waals surface area contributed by atoms with Gasteiger partial charge in [0, 0.05) is 5.56 Å². The minimum absolute atomic E-state index is 0.129. The van der Waals surface area contributed by atoms with Gasteiger partial charge in [-0.1, -0.05) is 35.5 Å². The van der Waals surface area contributed by atoms with Crippen molar-refractivity contribution in [3.05, 3.63) is 59.5 Å². The van der Waals surface area contributed by atoms with Crippen LogP contribution < -0.4 is 0 Å². The number of nitrogens with zero attached hydrogens (tertiary/aromatic N) is 3. The minimum atomic E-state index is -4.67. The first-order valence-corrected chi connectivity index (χ1v) is 6.69. The number of aromatic nitrogens is 3. The van der Waals surface area contributed by atoms with E-state index in [1.807, 2.05) is 6.07 Å². The first kappa shape index (κ1) is 15.7. The van der Waals surface area contributed by atoms with E-state index in [-0.39, 0.29) is 16.8 Å². The summed E-state index contributed by atoms with van der Waals surface area (Å²) in [4.78, 5) is 0. The summed E-state index contributed by atoms with van der Waals surface area (Å²) >= 11 is 0. The van der Waals surface area contributed by atoms with Crippen LogP contribution in [0.4, 0.5) is 17.6 Å². The van der Waals surface area contributed by atoms with Crippen LogP contribution in [0.2, 0.25) is 0 Å². The summed E-state index contributed by atoms with van der Waals surface area (Å²) in [7, 11) is 0. The Hall–Kier alpha value is -3.21. The third kappa shape index (κ3) is 2.84. The van der Waals surface area contributed by atoms with E-state index in [9.17, 15) is 17.6 Å². The van der Waals surface area contributed by atoms with Crippen LogP contribution in [0.5, 0.6) is 0 Å². The Balaban J connectivity index is 2.05. The summed E-state index contributed by atoms with van der Waals surface area (Å²) in [6, 6.07) is 10.4. The third-order valence-corrected chi connectivity index (χ3v) is 3.42. The van der Waals surface area contributed by atoms with Crippen molar-refractivity contribution in [1.29, 1.82) is 5.26 Å². The predicted molar refractivity (Wildman–Crippen MR) is 76.9 cm³/mol. The van der Waals surface area contributed by atoms with Gasteiger partial charge in [-0.25, -0.2) is 9.49 Å². The third-order valence-electron chi connectivity index (χ3n) is 3.42. The number of hydrogen-bond donors (Lipinski definition) is 1. The zero-order valence-electron chi connectivity index (χ0n) is 11.9. The molecule has 4 nitrogen and oxygen atoms in total. The summed E-state index contributed by atoms with van der Waals surface area (Å²) in [6.45, 7) is 0. The highest BCUT2D eigenvalue weighted by Gasteiger charge is 2.34. The molecule has 3 rings (SSSR count). The van der Waals surface area contributed by atoms with E-state index >= 15 is 0 Å². The summed E-state index contributed by atoms with van der Waals surface area (Å²) in [5.74, 6) is -0.955. The van der Waals surface area contributed by atoms with Crippen LogP contribution in [-0.2, 0) is 6.18 Å². The van der Waals surface area contributed by atoms with E-state index in [0.29, 0.717) is 17.3 Å². The molecule has 0 atom stereocenters. The van der Waals surface area contributed by atoms with Crippen LogP contribution in [0, 0.1) is 17.1 Å². The summed E-state index contributed by atoms with van der Waals surface area (Å²) in [5.41, 5.74) is 0.0815. The fourth-order valence-corrected chi connectivity index (χ4v) is 2.32. The molecule has 1 aromatic heterocycles. The van der Waals surface area contributed by atoms with Crippen molar-refractivity contribution in [3.63, 3.8) is 0 Å². The molecule has 2 aromatic carbocycles. The molecule has 0 aliphatic heterocycles. The Morgan fingerprint density at radius 3 is 2.29 bits per heavy atom. The molecule has 8 heteroatoms. The first-order valence-electron chi connectivity index (χ1n) is 6.69. The SMILES string of the molecule is N#Cc1[nH]nnc1-c1ccc(-c2ccc(F)cc2C(F)(F)F)cc1. The number of alkyl halides is 3. The molecule has 0 fully saturated rings. The van der Waals surface area contributed by atoms with Gasteiger partial charge in [0.05, 0.1) is 5.56 Å². The van der Waals surface area contributed by atoms with Crippen LogP contribution in [0.15, 0.2) is 42.5 Å². The normalized spacial score (nSPS) is 11.3. The smallest absolute Gasteiger partial charge is 0.247 e. The molecule has 0 aliphatic rings. The number of H-pyrrole nitrogens is 1. The van der Waals surface area contributed by atoms with Crippen molar-refractivity contribution >= 4 is 0 Å². The van der Waals surface area contributed by atoms with Crippen molar-refractivity contribution in [2.75, 3.05) is 0 Å². The number of nitriles is 1. The zero-order valence-corrected chi connectivity index (χ0v) is 11.9. The van der Waals surface area contributed by atoms with Gasteiger partial charge in [0.1, 0.15) is 17.6 Å². The lowest BCUT2D eigenvalue weighted by molar-refractivity contribution is -0.137. The maximum absolute atomic E-state index is 13.2. The van der Waals surface area contributed by atoms with E-state index in [4.69, 9.17) is 5.26 Å². The molecule has 1 N–H and O–H groups in total. The molecule has 0 amide bonds. The second-order valence-corrected chi connectivity index (χ2v) is 4.91. The van der Waals surface area contributed by atoms with Gasteiger partial charge in [-0.2, -0.15) is 18.4 Å². The van der Waals surface area contributed by atoms with Crippen LogP contribution in [0.25, 0.3) is 22.4 Å². The molecule has 0 aliphatic carbocycles. The second kappa shape index (κ2) is 5.77. The number of benzene rings is 2. The van der Waals surface area contributed by atoms with Crippen molar-refractivity contribution in [1.82, 2.24) is 15.4 Å². The molecule has 0 saturated carbocycles. The van der Waals surface area contributed by atoms with E-state index in [1.165, 1.54) is 24.3 Å². The lowest BCUT2D eigenvalue weighted by Crippen LogP contribution is -2.07. The summed E-state index contributed by atoms with van der Waals surface area (Å²) in [6.07, 6.45) is -4.67. The number of hydrogen-bond acceptors (Lipinski definition) is 3. The highest BCUT2D eigenvalue weighted by atomic mass is 19.4.